The molecule has 0 aliphatic carbocycles. The summed E-state index contributed by atoms with van der Waals surface area (Å²) in [5, 5.41) is 9.27. The molecule has 64 valence electrons. The van der Waals surface area contributed by atoms with Crippen molar-refractivity contribution in [3.05, 3.63) is 24.3 Å². The van der Waals surface area contributed by atoms with Gasteiger partial charge in [-0.15, -0.1) is 0 Å². The normalized spacial score (nSPS) is 13.5. The Labute approximate surface area is 69.4 Å². The summed E-state index contributed by atoms with van der Waals surface area (Å²) in [7, 11) is 0. The van der Waals surface area contributed by atoms with E-state index in [0.717, 1.165) is 12.8 Å². The Morgan fingerprint density at radius 1 is 1.18 bits per heavy atom. The Balaban J connectivity index is 3.45. The van der Waals surface area contributed by atoms with E-state index in [0.29, 0.717) is 0 Å². The fourth-order valence-electron chi connectivity index (χ4n) is 0.731. The van der Waals surface area contributed by atoms with Crippen molar-refractivity contribution in [1.82, 2.24) is 0 Å². The van der Waals surface area contributed by atoms with Crippen molar-refractivity contribution < 1.29 is 5.11 Å². The average molecular weight is 154 g/mol. The first-order chi connectivity index (χ1) is 5.06. The lowest BCUT2D eigenvalue weighted by Gasteiger charge is -2.09. The predicted molar refractivity (Wildman–Crippen MR) is 49.5 cm³/mol. The quantitative estimate of drug-likeness (QED) is 0.487. The Morgan fingerprint density at radius 3 is 2.18 bits per heavy atom. The molecule has 0 bridgehead atoms. The molecule has 0 unspecified atom stereocenters. The zero-order valence-electron chi connectivity index (χ0n) is 7.67. The van der Waals surface area contributed by atoms with Crippen LogP contribution >= 0.6 is 0 Å². The van der Waals surface area contributed by atoms with Gasteiger partial charge >= 0.3 is 0 Å². The number of hydrogen-bond donors (Lipinski definition) is 1. The second-order valence-corrected chi connectivity index (χ2v) is 3.20. The third-order valence-electron chi connectivity index (χ3n) is 1.26. The van der Waals surface area contributed by atoms with Gasteiger partial charge in [-0.05, 0) is 33.6 Å². The lowest BCUT2D eigenvalue weighted by Crippen LogP contribution is -2.13. The Bertz CT molecular complexity index is 137. The molecule has 0 saturated heterocycles. The number of rotatable bonds is 4. The van der Waals surface area contributed by atoms with Crippen molar-refractivity contribution in [3.63, 3.8) is 0 Å². The number of aliphatic hydroxyl groups is 1. The largest absolute Gasteiger partial charge is 0.386 e. The fourth-order valence-corrected chi connectivity index (χ4v) is 0.731. The minimum atomic E-state index is -0.657. The maximum Gasteiger partial charge on any atom is 0.0771 e. The third kappa shape index (κ3) is 9.44. The van der Waals surface area contributed by atoms with Gasteiger partial charge in [-0.1, -0.05) is 24.3 Å². The molecule has 0 aromatic heterocycles. The first kappa shape index (κ1) is 10.4. The molecule has 0 amide bonds. The van der Waals surface area contributed by atoms with Crippen LogP contribution in [0.4, 0.5) is 0 Å². The average Bonchev–Trinajstić information content (AvgIpc) is 1.85. The van der Waals surface area contributed by atoms with E-state index in [1.54, 1.807) is 13.8 Å². The molecule has 0 atom stereocenters. The minimum Gasteiger partial charge on any atom is -0.386 e. The molecule has 1 heteroatoms. The first-order valence-corrected chi connectivity index (χ1v) is 4.07. The van der Waals surface area contributed by atoms with Gasteiger partial charge in [0.1, 0.15) is 0 Å². The van der Waals surface area contributed by atoms with Crippen LogP contribution in [0.15, 0.2) is 24.3 Å². The molecule has 0 aliphatic rings. The van der Waals surface area contributed by atoms with Crippen LogP contribution in [0.1, 0.15) is 33.6 Å². The van der Waals surface area contributed by atoms with Gasteiger partial charge in [-0.3, -0.25) is 0 Å². The minimum absolute atomic E-state index is 0.657. The van der Waals surface area contributed by atoms with Gasteiger partial charge in [0.25, 0.3) is 0 Å². The van der Waals surface area contributed by atoms with Crippen LogP contribution in [0.3, 0.4) is 0 Å². The van der Waals surface area contributed by atoms with Gasteiger partial charge in [-0.25, -0.2) is 0 Å². The van der Waals surface area contributed by atoms with Crippen LogP contribution < -0.4 is 0 Å². The van der Waals surface area contributed by atoms with Crippen molar-refractivity contribution in [3.8, 4) is 0 Å². The summed E-state index contributed by atoms with van der Waals surface area (Å²) in [4.78, 5) is 0. The van der Waals surface area contributed by atoms with E-state index < -0.39 is 5.60 Å². The highest BCUT2D eigenvalue weighted by molar-refractivity contribution is 4.96. The van der Waals surface area contributed by atoms with Crippen LogP contribution in [-0.2, 0) is 0 Å². The lowest BCUT2D eigenvalue weighted by atomic mass is 10.1. The van der Waals surface area contributed by atoms with Crippen molar-refractivity contribution in [2.45, 2.75) is 39.2 Å². The highest BCUT2D eigenvalue weighted by Crippen LogP contribution is 2.04. The van der Waals surface area contributed by atoms with Gasteiger partial charge in [-0.2, -0.15) is 0 Å². The van der Waals surface area contributed by atoms with Gasteiger partial charge < -0.3 is 5.11 Å². The summed E-state index contributed by atoms with van der Waals surface area (Å²) in [5.41, 5.74) is -0.657. The van der Waals surface area contributed by atoms with Crippen molar-refractivity contribution in [2.24, 2.45) is 0 Å². The molecule has 0 aliphatic heterocycles. The molecule has 0 rings (SSSR count). The zero-order chi connectivity index (χ0) is 8.74. The first-order valence-electron chi connectivity index (χ1n) is 4.07. The van der Waals surface area contributed by atoms with E-state index in [-0.39, 0.29) is 0 Å². The van der Waals surface area contributed by atoms with Crippen molar-refractivity contribution in [1.29, 1.82) is 0 Å². The predicted octanol–water partition coefficient (Wildman–Crippen LogP) is 2.67. The molecule has 0 saturated carbocycles. The van der Waals surface area contributed by atoms with Gasteiger partial charge in [0, 0.05) is 0 Å². The van der Waals surface area contributed by atoms with E-state index in [9.17, 15) is 5.11 Å². The highest BCUT2D eigenvalue weighted by atomic mass is 16.3. The van der Waals surface area contributed by atoms with E-state index >= 15 is 0 Å². The second-order valence-electron chi connectivity index (χ2n) is 3.20. The molecule has 0 aromatic carbocycles. The summed E-state index contributed by atoms with van der Waals surface area (Å²) < 4.78 is 0. The van der Waals surface area contributed by atoms with Crippen LogP contribution in [0.25, 0.3) is 0 Å². The van der Waals surface area contributed by atoms with Gasteiger partial charge in [0.05, 0.1) is 5.60 Å². The Morgan fingerprint density at radius 2 is 1.73 bits per heavy atom. The summed E-state index contributed by atoms with van der Waals surface area (Å²) in [6, 6.07) is 0. The van der Waals surface area contributed by atoms with E-state index in [4.69, 9.17) is 0 Å². The summed E-state index contributed by atoms with van der Waals surface area (Å²) in [6.07, 6.45) is 10.1. The van der Waals surface area contributed by atoms with E-state index in [2.05, 4.69) is 6.08 Å². The maximum atomic E-state index is 9.27. The SMILES string of the molecule is CC=CCC/C=C\C(C)(C)O. The van der Waals surface area contributed by atoms with Gasteiger partial charge in [0.2, 0.25) is 0 Å². The van der Waals surface area contributed by atoms with Crippen molar-refractivity contribution in [2.75, 3.05) is 0 Å². The van der Waals surface area contributed by atoms with E-state index in [1.807, 2.05) is 25.2 Å². The number of hydrogen-bond acceptors (Lipinski definition) is 1. The zero-order valence-corrected chi connectivity index (χ0v) is 7.67. The van der Waals surface area contributed by atoms with E-state index in [1.165, 1.54) is 0 Å². The fraction of sp³-hybridized carbons (Fsp3) is 0.600. The molecule has 1 N–H and O–H groups in total. The van der Waals surface area contributed by atoms with Crippen molar-refractivity contribution >= 4 is 0 Å². The molecule has 1 nitrogen and oxygen atoms in total. The standard InChI is InChI=1S/C10H18O/c1-4-5-6-7-8-9-10(2,3)11/h4-5,8-9,11H,6-7H2,1-3H3/b5-4?,9-8-. The lowest BCUT2D eigenvalue weighted by molar-refractivity contribution is 0.133. The molecule has 0 spiro atoms. The topological polar surface area (TPSA) is 20.2 Å². The molecule has 0 fully saturated rings. The molecule has 0 aromatic rings. The second kappa shape index (κ2) is 5.14. The maximum absolute atomic E-state index is 9.27. The van der Waals surface area contributed by atoms with Crippen LogP contribution in [0.5, 0.6) is 0 Å². The molecule has 0 radical (unpaired) electrons. The van der Waals surface area contributed by atoms with Crippen LogP contribution in [0, 0.1) is 0 Å². The van der Waals surface area contributed by atoms with Crippen LogP contribution in [-0.4, -0.2) is 10.7 Å². The summed E-state index contributed by atoms with van der Waals surface area (Å²) >= 11 is 0. The smallest absolute Gasteiger partial charge is 0.0771 e. The number of allylic oxidation sites excluding steroid dienone is 3. The molecular weight excluding hydrogens is 136 g/mol. The molecule has 0 heterocycles. The monoisotopic (exact) mass is 154 g/mol. The highest BCUT2D eigenvalue weighted by Gasteiger charge is 2.04. The van der Waals surface area contributed by atoms with Crippen LogP contribution in [0.2, 0.25) is 0 Å². The number of unbranched alkanes of at least 4 members (excludes halogenated alkanes) is 1. The Hall–Kier alpha value is -0.560. The molecule has 11 heavy (non-hydrogen) atoms. The molecular formula is C10H18O. The summed E-state index contributed by atoms with van der Waals surface area (Å²) in [6.45, 7) is 5.57. The third-order valence-corrected chi connectivity index (χ3v) is 1.26. The summed E-state index contributed by atoms with van der Waals surface area (Å²) in [5.74, 6) is 0. The Kier molecular flexibility index (Phi) is 4.88. The van der Waals surface area contributed by atoms with Gasteiger partial charge in [0.15, 0.2) is 0 Å².